The predicted octanol–water partition coefficient (Wildman–Crippen LogP) is 2.76. The van der Waals surface area contributed by atoms with E-state index in [0.717, 1.165) is 5.56 Å². The number of cyclic esters (lactones) is 1. The molecule has 3 rings (SSSR count). The van der Waals surface area contributed by atoms with E-state index in [1.54, 1.807) is 0 Å². The van der Waals surface area contributed by atoms with Crippen LogP contribution >= 0.6 is 11.8 Å². The van der Waals surface area contributed by atoms with Crippen LogP contribution < -0.4 is 0 Å². The Kier molecular flexibility index (Phi) is 3.48. The first kappa shape index (κ1) is 13.2. The Hall–Kier alpha value is -1.82. The lowest BCUT2D eigenvalue weighted by Gasteiger charge is -2.01. The fourth-order valence-electron chi connectivity index (χ4n) is 1.95. The van der Waals surface area contributed by atoms with Crippen LogP contribution in [0.2, 0.25) is 0 Å². The number of aromatic nitrogens is 2. The molecule has 0 unspecified atom stereocenters. The number of hydrogen-bond donors (Lipinski definition) is 0. The lowest BCUT2D eigenvalue weighted by atomic mass is 10.1. The number of hydrogen-bond acceptors (Lipinski definition) is 6. The summed E-state index contributed by atoms with van der Waals surface area (Å²) in [5.41, 5.74) is 3.28. The van der Waals surface area contributed by atoms with E-state index in [-0.39, 0.29) is 11.2 Å². The second-order valence-electron chi connectivity index (χ2n) is 4.73. The molecule has 1 aromatic carbocycles. The smallest absolute Gasteiger partial charge is 0.319 e. The molecule has 2 aromatic rings. The molecule has 20 heavy (non-hydrogen) atoms. The van der Waals surface area contributed by atoms with Gasteiger partial charge in [-0.15, -0.1) is 10.2 Å². The summed E-state index contributed by atoms with van der Waals surface area (Å²) >= 11 is 1.27. The zero-order chi connectivity index (χ0) is 14.1. The van der Waals surface area contributed by atoms with Crippen molar-refractivity contribution in [1.82, 2.24) is 10.2 Å². The number of carbonyl (C=O) groups excluding carboxylic acids is 1. The Bertz CT molecular complexity index is 654. The lowest BCUT2D eigenvalue weighted by Crippen LogP contribution is -2.09. The Balaban J connectivity index is 1.79. The number of ether oxygens (including phenoxy) is 1. The van der Waals surface area contributed by atoms with Crippen LogP contribution in [-0.2, 0) is 9.53 Å². The average molecular weight is 290 g/mol. The molecule has 0 radical (unpaired) electrons. The van der Waals surface area contributed by atoms with Gasteiger partial charge >= 0.3 is 5.97 Å². The van der Waals surface area contributed by atoms with Crippen LogP contribution in [0.25, 0.3) is 11.5 Å². The number of nitrogens with zero attached hydrogens (tertiary/aromatic N) is 2. The first-order valence-electron chi connectivity index (χ1n) is 6.38. The third-order valence-corrected chi connectivity index (χ3v) is 4.37. The second-order valence-corrected chi connectivity index (χ2v) is 5.89. The lowest BCUT2D eigenvalue weighted by molar-refractivity contribution is -0.137. The van der Waals surface area contributed by atoms with Gasteiger partial charge in [0.1, 0.15) is 5.25 Å². The molecule has 6 heteroatoms. The maximum Gasteiger partial charge on any atom is 0.319 e. The van der Waals surface area contributed by atoms with Crippen molar-refractivity contribution in [2.75, 3.05) is 6.61 Å². The number of rotatable bonds is 3. The van der Waals surface area contributed by atoms with Gasteiger partial charge in [0.25, 0.3) is 5.22 Å². The third kappa shape index (κ3) is 2.56. The summed E-state index contributed by atoms with van der Waals surface area (Å²) < 4.78 is 10.5. The number of thioether (sulfide) groups is 1. The largest absolute Gasteiger partial charge is 0.465 e. The highest BCUT2D eigenvalue weighted by Gasteiger charge is 2.29. The summed E-state index contributed by atoms with van der Waals surface area (Å²) in [6, 6.07) is 5.99. The Morgan fingerprint density at radius 2 is 2.10 bits per heavy atom. The molecule has 2 heterocycles. The van der Waals surface area contributed by atoms with Crippen LogP contribution in [0.4, 0.5) is 0 Å². The maximum absolute atomic E-state index is 11.4. The highest BCUT2D eigenvalue weighted by atomic mass is 32.2. The summed E-state index contributed by atoms with van der Waals surface area (Å²) in [6.07, 6.45) is 0.685. The van der Waals surface area contributed by atoms with E-state index in [2.05, 4.69) is 17.1 Å². The molecule has 0 bridgehead atoms. The van der Waals surface area contributed by atoms with Crippen molar-refractivity contribution in [2.45, 2.75) is 30.7 Å². The molecule has 5 nitrogen and oxygen atoms in total. The average Bonchev–Trinajstić information content (AvgIpc) is 3.04. The minimum Gasteiger partial charge on any atom is -0.465 e. The first-order valence-corrected chi connectivity index (χ1v) is 7.26. The minimum absolute atomic E-state index is 0.207. The molecule has 1 aliphatic rings. The fraction of sp³-hybridized carbons (Fsp3) is 0.357. The zero-order valence-electron chi connectivity index (χ0n) is 11.3. The van der Waals surface area contributed by atoms with Crippen molar-refractivity contribution in [2.24, 2.45) is 0 Å². The van der Waals surface area contributed by atoms with E-state index in [9.17, 15) is 4.79 Å². The van der Waals surface area contributed by atoms with Gasteiger partial charge in [-0.05, 0) is 48.9 Å². The molecular formula is C14H14N2O3S. The highest BCUT2D eigenvalue weighted by Crippen LogP contribution is 2.30. The van der Waals surface area contributed by atoms with E-state index >= 15 is 0 Å². The SMILES string of the molecule is Cc1ccc(-c2nnc(S[C@@H]3CCOC3=O)o2)cc1C. The van der Waals surface area contributed by atoms with E-state index in [0.29, 0.717) is 24.1 Å². The molecular weight excluding hydrogens is 276 g/mol. The van der Waals surface area contributed by atoms with Crippen LogP contribution in [0, 0.1) is 13.8 Å². The number of carbonyl (C=O) groups is 1. The summed E-state index contributed by atoms with van der Waals surface area (Å²) in [7, 11) is 0. The topological polar surface area (TPSA) is 65.2 Å². The van der Waals surface area contributed by atoms with Gasteiger partial charge in [0.05, 0.1) is 6.61 Å². The molecule has 1 atom stereocenters. The van der Waals surface area contributed by atoms with Gasteiger partial charge in [0, 0.05) is 12.0 Å². The molecule has 104 valence electrons. The van der Waals surface area contributed by atoms with Crippen molar-refractivity contribution >= 4 is 17.7 Å². The Morgan fingerprint density at radius 3 is 2.80 bits per heavy atom. The van der Waals surface area contributed by atoms with Crippen molar-refractivity contribution in [3.05, 3.63) is 29.3 Å². The summed E-state index contributed by atoms with van der Waals surface area (Å²) in [5.74, 6) is 0.267. The summed E-state index contributed by atoms with van der Waals surface area (Å²) in [4.78, 5) is 11.4. The van der Waals surface area contributed by atoms with Crippen LogP contribution in [0.3, 0.4) is 0 Å². The second kappa shape index (κ2) is 5.28. The number of benzene rings is 1. The normalized spacial score (nSPS) is 18.3. The van der Waals surface area contributed by atoms with Crippen molar-refractivity contribution in [3.63, 3.8) is 0 Å². The van der Waals surface area contributed by atoms with E-state index < -0.39 is 0 Å². The van der Waals surface area contributed by atoms with Gasteiger partial charge in [0.2, 0.25) is 5.89 Å². The molecule has 0 saturated carbocycles. The van der Waals surface area contributed by atoms with Crippen molar-refractivity contribution in [1.29, 1.82) is 0 Å². The highest BCUT2D eigenvalue weighted by molar-refractivity contribution is 8.00. The molecule has 1 aromatic heterocycles. The van der Waals surface area contributed by atoms with Gasteiger partial charge in [-0.2, -0.15) is 0 Å². The third-order valence-electron chi connectivity index (χ3n) is 3.29. The van der Waals surface area contributed by atoms with Crippen LogP contribution in [-0.4, -0.2) is 28.0 Å². The number of aryl methyl sites for hydroxylation is 2. The van der Waals surface area contributed by atoms with Crippen LogP contribution in [0.1, 0.15) is 17.5 Å². The molecule has 0 N–H and O–H groups in total. The number of esters is 1. The molecule has 0 aliphatic carbocycles. The van der Waals surface area contributed by atoms with Gasteiger partial charge in [-0.1, -0.05) is 6.07 Å². The quantitative estimate of drug-likeness (QED) is 0.810. The molecule has 0 spiro atoms. The Morgan fingerprint density at radius 1 is 1.25 bits per heavy atom. The molecule has 1 saturated heterocycles. The summed E-state index contributed by atoms with van der Waals surface area (Å²) in [6.45, 7) is 4.56. The first-order chi connectivity index (χ1) is 9.63. The van der Waals surface area contributed by atoms with Crippen LogP contribution in [0.5, 0.6) is 0 Å². The standard InChI is InChI=1S/C14H14N2O3S/c1-8-3-4-10(7-9(8)2)12-15-16-14(19-12)20-11-5-6-18-13(11)17/h3-4,7,11H,5-6H2,1-2H3/t11-/m1/s1. The van der Waals surface area contributed by atoms with Gasteiger partial charge in [-0.25, -0.2) is 0 Å². The van der Waals surface area contributed by atoms with Crippen LogP contribution in [0.15, 0.2) is 27.8 Å². The monoisotopic (exact) mass is 290 g/mol. The van der Waals surface area contributed by atoms with Crippen molar-refractivity contribution < 1.29 is 13.9 Å². The molecule has 0 amide bonds. The Labute approximate surface area is 120 Å². The maximum atomic E-state index is 11.4. The molecule has 1 aliphatic heterocycles. The predicted molar refractivity (Wildman–Crippen MR) is 74.4 cm³/mol. The van der Waals surface area contributed by atoms with Gasteiger partial charge < -0.3 is 9.15 Å². The van der Waals surface area contributed by atoms with E-state index in [1.165, 1.54) is 22.9 Å². The fourth-order valence-corrected chi connectivity index (χ4v) is 2.79. The zero-order valence-corrected chi connectivity index (χ0v) is 12.1. The minimum atomic E-state index is -0.233. The van der Waals surface area contributed by atoms with Crippen molar-refractivity contribution in [3.8, 4) is 11.5 Å². The van der Waals surface area contributed by atoms with Gasteiger partial charge in [0.15, 0.2) is 0 Å². The van der Waals surface area contributed by atoms with E-state index in [4.69, 9.17) is 9.15 Å². The van der Waals surface area contributed by atoms with E-state index in [1.807, 2.05) is 25.1 Å². The summed E-state index contributed by atoms with van der Waals surface area (Å²) in [5, 5.41) is 8.19. The molecule has 1 fully saturated rings. The van der Waals surface area contributed by atoms with Gasteiger partial charge in [-0.3, -0.25) is 4.79 Å².